The molecule has 0 saturated carbocycles. The van der Waals surface area contributed by atoms with Crippen LogP contribution in [0, 0.1) is 0 Å². The van der Waals surface area contributed by atoms with Crippen LogP contribution in [-0.4, -0.2) is 26.7 Å². The first-order valence-corrected chi connectivity index (χ1v) is 9.32. The van der Waals surface area contributed by atoms with Crippen molar-refractivity contribution in [2.45, 2.75) is 10.8 Å². The number of benzene rings is 1. The second kappa shape index (κ2) is 7.35. The number of hydrogen-bond acceptors (Lipinski definition) is 5. The van der Waals surface area contributed by atoms with E-state index in [4.69, 9.17) is 16.3 Å². The van der Waals surface area contributed by atoms with E-state index >= 15 is 0 Å². The lowest BCUT2D eigenvalue weighted by Gasteiger charge is -2.04. The molecule has 0 bridgehead atoms. The molecule has 3 heterocycles. The highest BCUT2D eigenvalue weighted by atomic mass is 35.5. The first-order valence-electron chi connectivity index (χ1n) is 7.96. The molecule has 3 aromatic heterocycles. The van der Waals surface area contributed by atoms with Gasteiger partial charge in [-0.25, -0.2) is 4.98 Å². The Morgan fingerprint density at radius 1 is 1.12 bits per heavy atom. The van der Waals surface area contributed by atoms with E-state index in [1.54, 1.807) is 29.6 Å². The van der Waals surface area contributed by atoms with E-state index in [-0.39, 0.29) is 0 Å². The third-order valence-corrected chi connectivity index (χ3v) is 5.08. The standard InChI is InChI=1S/C19H15ClN4OS/c1-25-19-18(14-4-6-15(20)7-5-14)22-16-8-9-17(23-24(16)19)26-12-13-3-2-10-21-11-13/h2-11H,12H2,1H3. The normalized spacial score (nSPS) is 11.0. The molecule has 0 amide bonds. The fraction of sp³-hybridized carbons (Fsp3) is 0.105. The van der Waals surface area contributed by atoms with Crippen molar-refractivity contribution in [3.05, 3.63) is 71.5 Å². The van der Waals surface area contributed by atoms with E-state index in [1.165, 1.54) is 0 Å². The van der Waals surface area contributed by atoms with Gasteiger partial charge < -0.3 is 4.74 Å². The average Bonchev–Trinajstić information content (AvgIpc) is 3.05. The molecule has 0 radical (unpaired) electrons. The largest absolute Gasteiger partial charge is 0.479 e. The zero-order valence-electron chi connectivity index (χ0n) is 14.0. The average molecular weight is 383 g/mol. The first kappa shape index (κ1) is 16.9. The Labute approximate surface area is 160 Å². The monoisotopic (exact) mass is 382 g/mol. The van der Waals surface area contributed by atoms with Crippen molar-refractivity contribution in [2.75, 3.05) is 7.11 Å². The molecule has 0 aliphatic carbocycles. The summed E-state index contributed by atoms with van der Waals surface area (Å²) in [6, 6.07) is 15.4. The molecule has 130 valence electrons. The van der Waals surface area contributed by atoms with Gasteiger partial charge in [0, 0.05) is 28.7 Å². The van der Waals surface area contributed by atoms with Gasteiger partial charge in [-0.3, -0.25) is 4.98 Å². The van der Waals surface area contributed by atoms with Crippen molar-refractivity contribution in [1.82, 2.24) is 19.6 Å². The van der Waals surface area contributed by atoms with E-state index in [2.05, 4.69) is 21.1 Å². The van der Waals surface area contributed by atoms with Crippen molar-refractivity contribution < 1.29 is 4.74 Å². The highest BCUT2D eigenvalue weighted by Crippen LogP contribution is 2.31. The van der Waals surface area contributed by atoms with Gasteiger partial charge in [0.2, 0.25) is 5.88 Å². The Morgan fingerprint density at radius 2 is 1.96 bits per heavy atom. The highest BCUT2D eigenvalue weighted by molar-refractivity contribution is 7.98. The Hall–Kier alpha value is -2.57. The van der Waals surface area contributed by atoms with Gasteiger partial charge in [-0.2, -0.15) is 9.61 Å². The summed E-state index contributed by atoms with van der Waals surface area (Å²) >= 11 is 7.62. The molecule has 0 atom stereocenters. The Bertz CT molecular complexity index is 1030. The van der Waals surface area contributed by atoms with Crippen LogP contribution in [0.25, 0.3) is 16.9 Å². The maximum atomic E-state index is 5.98. The summed E-state index contributed by atoms with van der Waals surface area (Å²) in [6.45, 7) is 0. The zero-order valence-corrected chi connectivity index (χ0v) is 15.5. The van der Waals surface area contributed by atoms with Crippen LogP contribution in [-0.2, 0) is 5.75 Å². The predicted molar refractivity (Wildman–Crippen MR) is 104 cm³/mol. The lowest BCUT2D eigenvalue weighted by atomic mass is 10.2. The predicted octanol–water partition coefficient (Wildman–Crippen LogP) is 4.75. The van der Waals surface area contributed by atoms with E-state index in [0.29, 0.717) is 10.9 Å². The van der Waals surface area contributed by atoms with Gasteiger partial charge in [-0.05, 0) is 35.9 Å². The number of methoxy groups -OCH3 is 1. The highest BCUT2D eigenvalue weighted by Gasteiger charge is 2.16. The lowest BCUT2D eigenvalue weighted by Crippen LogP contribution is -1.97. The van der Waals surface area contributed by atoms with Crippen LogP contribution in [0.2, 0.25) is 5.02 Å². The Morgan fingerprint density at radius 3 is 2.69 bits per heavy atom. The van der Waals surface area contributed by atoms with Crippen molar-refractivity contribution in [2.24, 2.45) is 0 Å². The molecule has 0 unspecified atom stereocenters. The van der Waals surface area contributed by atoms with E-state index in [0.717, 1.165) is 33.2 Å². The molecule has 0 aliphatic heterocycles. The fourth-order valence-corrected chi connectivity index (χ4v) is 3.51. The molecule has 0 fully saturated rings. The van der Waals surface area contributed by atoms with E-state index in [9.17, 15) is 0 Å². The SMILES string of the molecule is COc1c(-c2ccc(Cl)cc2)nc2ccc(SCc3cccnc3)nn12. The first-order chi connectivity index (χ1) is 12.7. The number of aromatic nitrogens is 4. The van der Waals surface area contributed by atoms with Crippen molar-refractivity contribution in [1.29, 1.82) is 0 Å². The maximum Gasteiger partial charge on any atom is 0.243 e. The quantitative estimate of drug-likeness (QED) is 0.466. The maximum absolute atomic E-state index is 5.98. The molecule has 4 rings (SSSR count). The Kier molecular flexibility index (Phi) is 4.77. The molecule has 7 heteroatoms. The minimum Gasteiger partial charge on any atom is -0.479 e. The van der Waals surface area contributed by atoms with E-state index in [1.807, 2.05) is 48.7 Å². The van der Waals surface area contributed by atoms with Crippen LogP contribution in [0.1, 0.15) is 5.56 Å². The molecule has 0 spiro atoms. The number of halogens is 1. The van der Waals surface area contributed by atoms with Crippen LogP contribution >= 0.6 is 23.4 Å². The van der Waals surface area contributed by atoms with Gasteiger partial charge in [0.1, 0.15) is 10.7 Å². The summed E-state index contributed by atoms with van der Waals surface area (Å²) in [4.78, 5) is 8.79. The number of pyridine rings is 1. The van der Waals surface area contributed by atoms with Gasteiger partial charge in [0.25, 0.3) is 0 Å². The molecule has 1 aromatic carbocycles. The van der Waals surface area contributed by atoms with Crippen LogP contribution < -0.4 is 4.74 Å². The number of hydrogen-bond donors (Lipinski definition) is 0. The summed E-state index contributed by atoms with van der Waals surface area (Å²) in [5.74, 6) is 1.40. The molecular weight excluding hydrogens is 368 g/mol. The molecule has 4 aromatic rings. The van der Waals surface area contributed by atoms with Crippen LogP contribution in [0.5, 0.6) is 5.88 Å². The summed E-state index contributed by atoms with van der Waals surface area (Å²) < 4.78 is 7.32. The lowest BCUT2D eigenvalue weighted by molar-refractivity contribution is 0.387. The number of rotatable bonds is 5. The van der Waals surface area contributed by atoms with Crippen molar-refractivity contribution >= 4 is 29.0 Å². The van der Waals surface area contributed by atoms with Gasteiger partial charge in [0.05, 0.1) is 7.11 Å². The summed E-state index contributed by atoms with van der Waals surface area (Å²) in [5.41, 5.74) is 3.56. The van der Waals surface area contributed by atoms with Crippen LogP contribution in [0.3, 0.4) is 0 Å². The Balaban J connectivity index is 1.68. The minimum absolute atomic E-state index is 0.603. The molecule has 5 nitrogen and oxygen atoms in total. The third-order valence-electron chi connectivity index (χ3n) is 3.83. The minimum atomic E-state index is 0.603. The van der Waals surface area contributed by atoms with Gasteiger partial charge >= 0.3 is 0 Å². The zero-order chi connectivity index (χ0) is 17.9. The van der Waals surface area contributed by atoms with Crippen LogP contribution in [0.15, 0.2) is 66.0 Å². The number of fused-ring (bicyclic) bond motifs is 1. The fourth-order valence-electron chi connectivity index (χ4n) is 2.59. The van der Waals surface area contributed by atoms with Gasteiger partial charge in [-0.15, -0.1) is 0 Å². The van der Waals surface area contributed by atoms with Crippen LogP contribution in [0.4, 0.5) is 0 Å². The van der Waals surface area contributed by atoms with E-state index < -0.39 is 0 Å². The molecule has 0 aliphatic rings. The third kappa shape index (κ3) is 3.38. The molecule has 26 heavy (non-hydrogen) atoms. The smallest absolute Gasteiger partial charge is 0.243 e. The number of thioether (sulfide) groups is 1. The summed E-state index contributed by atoms with van der Waals surface area (Å²) in [6.07, 6.45) is 3.63. The number of imidazole rings is 1. The second-order valence-corrected chi connectivity index (χ2v) is 7.00. The second-order valence-electron chi connectivity index (χ2n) is 5.57. The molecule has 0 saturated heterocycles. The summed E-state index contributed by atoms with van der Waals surface area (Å²) in [5, 5.41) is 6.24. The number of ether oxygens (including phenoxy) is 1. The van der Waals surface area contributed by atoms with Gasteiger partial charge in [0.15, 0.2) is 5.65 Å². The van der Waals surface area contributed by atoms with Gasteiger partial charge in [-0.1, -0.05) is 41.6 Å². The van der Waals surface area contributed by atoms with Crippen molar-refractivity contribution in [3.63, 3.8) is 0 Å². The molecule has 0 N–H and O–H groups in total. The number of nitrogens with zero attached hydrogens (tertiary/aromatic N) is 4. The van der Waals surface area contributed by atoms with Crippen molar-refractivity contribution in [3.8, 4) is 17.1 Å². The summed E-state index contributed by atoms with van der Waals surface area (Å²) in [7, 11) is 1.63. The topological polar surface area (TPSA) is 52.3 Å². The molecular formula is C19H15ClN4OS.